The van der Waals surface area contributed by atoms with E-state index in [1.165, 1.54) is 37.0 Å². The highest BCUT2D eigenvalue weighted by Crippen LogP contribution is 2.40. The fraction of sp³-hybridized carbons (Fsp3) is 0.692. The van der Waals surface area contributed by atoms with Crippen LogP contribution in [0, 0.1) is 5.41 Å². The van der Waals surface area contributed by atoms with Crippen LogP contribution in [0.4, 0.5) is 5.13 Å². The molecule has 1 aliphatic rings. The molecule has 1 fully saturated rings. The highest BCUT2D eigenvalue weighted by Gasteiger charge is 2.32. The van der Waals surface area contributed by atoms with E-state index >= 15 is 0 Å². The largest absolute Gasteiger partial charge is 0.348 e. The van der Waals surface area contributed by atoms with Crippen molar-refractivity contribution in [1.29, 1.82) is 0 Å². The Morgan fingerprint density at radius 3 is 2.44 bits per heavy atom. The first-order chi connectivity index (χ1) is 8.64. The van der Waals surface area contributed by atoms with Gasteiger partial charge in [-0.05, 0) is 18.3 Å². The molecule has 1 aliphatic heterocycles. The summed E-state index contributed by atoms with van der Waals surface area (Å²) < 4.78 is 0. The number of carbonyl (C=O) groups excluding carboxylic acids is 1. The smallest absolute Gasteiger partial charge is 0.187 e. The van der Waals surface area contributed by atoms with Crippen molar-refractivity contribution in [1.82, 2.24) is 4.98 Å². The number of hydrogen-bond donors (Lipinski definition) is 0. The molecule has 2 rings (SSSR count). The number of thiazole rings is 1. The second-order valence-electron chi connectivity index (χ2n) is 4.96. The zero-order valence-corrected chi connectivity index (χ0v) is 12.5. The van der Waals surface area contributed by atoms with Crippen LogP contribution in [0.25, 0.3) is 0 Å². The van der Waals surface area contributed by atoms with E-state index in [0.29, 0.717) is 15.4 Å². The molecule has 0 bridgehead atoms. The maximum atomic E-state index is 10.8. The highest BCUT2D eigenvalue weighted by molar-refractivity contribution is 7.17. The summed E-state index contributed by atoms with van der Waals surface area (Å²) in [5.74, 6) is 0. The molecule has 0 N–H and O–H groups in total. The average molecular weight is 287 g/mol. The van der Waals surface area contributed by atoms with Crippen molar-refractivity contribution in [3.8, 4) is 0 Å². The SMILES string of the molecule is CCC1(CC)CCN(c2nc(Cl)c(C=O)s2)CC1. The van der Waals surface area contributed by atoms with Gasteiger partial charge in [-0.25, -0.2) is 4.98 Å². The van der Waals surface area contributed by atoms with Gasteiger partial charge in [0.25, 0.3) is 0 Å². The zero-order chi connectivity index (χ0) is 13.2. The predicted molar refractivity (Wildman–Crippen MR) is 77.0 cm³/mol. The minimum Gasteiger partial charge on any atom is -0.348 e. The lowest BCUT2D eigenvalue weighted by Gasteiger charge is -2.40. The molecule has 3 nitrogen and oxygen atoms in total. The first-order valence-corrected chi connectivity index (χ1v) is 7.70. The van der Waals surface area contributed by atoms with Gasteiger partial charge in [0, 0.05) is 13.1 Å². The molecule has 0 atom stereocenters. The molecule has 5 heteroatoms. The lowest BCUT2D eigenvalue weighted by Crippen LogP contribution is -2.39. The van der Waals surface area contributed by atoms with Crippen LogP contribution in [-0.4, -0.2) is 24.4 Å². The lowest BCUT2D eigenvalue weighted by molar-refractivity contribution is 0.112. The second kappa shape index (κ2) is 5.57. The molecule has 0 aromatic carbocycles. The van der Waals surface area contributed by atoms with Gasteiger partial charge in [0.15, 0.2) is 16.6 Å². The summed E-state index contributed by atoms with van der Waals surface area (Å²) in [6.45, 7) is 6.60. The molecule has 18 heavy (non-hydrogen) atoms. The monoisotopic (exact) mass is 286 g/mol. The van der Waals surface area contributed by atoms with Crippen LogP contribution in [0.2, 0.25) is 5.15 Å². The molecular formula is C13H19ClN2OS. The fourth-order valence-electron chi connectivity index (χ4n) is 2.64. The molecule has 0 unspecified atom stereocenters. The molecule has 0 amide bonds. The summed E-state index contributed by atoms with van der Waals surface area (Å²) in [4.78, 5) is 17.9. The second-order valence-corrected chi connectivity index (χ2v) is 6.33. The van der Waals surface area contributed by atoms with Crippen molar-refractivity contribution in [2.45, 2.75) is 39.5 Å². The Labute approximate surface area is 117 Å². The van der Waals surface area contributed by atoms with Crippen molar-refractivity contribution in [3.63, 3.8) is 0 Å². The summed E-state index contributed by atoms with van der Waals surface area (Å²) >= 11 is 7.31. The van der Waals surface area contributed by atoms with Crippen molar-refractivity contribution < 1.29 is 4.79 Å². The van der Waals surface area contributed by atoms with Crippen LogP contribution in [0.3, 0.4) is 0 Å². The molecule has 0 spiro atoms. The van der Waals surface area contributed by atoms with Crippen molar-refractivity contribution in [2.24, 2.45) is 5.41 Å². The number of aldehydes is 1. The van der Waals surface area contributed by atoms with Gasteiger partial charge >= 0.3 is 0 Å². The van der Waals surface area contributed by atoms with E-state index in [2.05, 4.69) is 23.7 Å². The lowest BCUT2D eigenvalue weighted by atomic mass is 9.74. The van der Waals surface area contributed by atoms with Crippen LogP contribution in [0.15, 0.2) is 0 Å². The van der Waals surface area contributed by atoms with Gasteiger partial charge < -0.3 is 4.90 Å². The normalized spacial score (nSPS) is 18.9. The summed E-state index contributed by atoms with van der Waals surface area (Å²) in [5.41, 5.74) is 0.505. The van der Waals surface area contributed by atoms with Crippen molar-refractivity contribution in [3.05, 3.63) is 10.0 Å². The summed E-state index contributed by atoms with van der Waals surface area (Å²) in [7, 11) is 0. The quantitative estimate of drug-likeness (QED) is 0.784. The Bertz CT molecular complexity index is 419. The van der Waals surface area contributed by atoms with E-state index < -0.39 is 0 Å². The van der Waals surface area contributed by atoms with E-state index in [1.807, 2.05) is 0 Å². The van der Waals surface area contributed by atoms with Gasteiger partial charge in [0.05, 0.1) is 0 Å². The van der Waals surface area contributed by atoms with Crippen molar-refractivity contribution in [2.75, 3.05) is 18.0 Å². The summed E-state index contributed by atoms with van der Waals surface area (Å²) in [5, 5.41) is 1.23. The van der Waals surface area contributed by atoms with Gasteiger partial charge in [-0.3, -0.25) is 4.79 Å². The van der Waals surface area contributed by atoms with E-state index in [1.54, 1.807) is 0 Å². The van der Waals surface area contributed by atoms with Gasteiger partial charge in [-0.2, -0.15) is 0 Å². The van der Waals surface area contributed by atoms with Crippen LogP contribution in [0.5, 0.6) is 0 Å². The Hall–Kier alpha value is -0.610. The number of hydrogen-bond acceptors (Lipinski definition) is 4. The fourth-order valence-corrected chi connectivity index (χ4v) is 3.75. The van der Waals surface area contributed by atoms with E-state index in [4.69, 9.17) is 11.6 Å². The molecular weight excluding hydrogens is 268 g/mol. The van der Waals surface area contributed by atoms with E-state index in [9.17, 15) is 4.79 Å². The van der Waals surface area contributed by atoms with Gasteiger partial charge in [0.2, 0.25) is 0 Å². The number of nitrogens with zero attached hydrogens (tertiary/aromatic N) is 2. The van der Waals surface area contributed by atoms with Gasteiger partial charge in [-0.1, -0.05) is 49.6 Å². The standard InChI is InChI=1S/C13H19ClN2OS/c1-3-13(4-2)5-7-16(8-6-13)12-15-11(14)10(9-17)18-12/h9H,3-8H2,1-2H3. The molecule has 0 saturated carbocycles. The first-order valence-electron chi connectivity index (χ1n) is 6.50. The minimum atomic E-state index is 0.341. The third-order valence-corrected chi connectivity index (χ3v) is 5.74. The summed E-state index contributed by atoms with van der Waals surface area (Å²) in [6, 6.07) is 0. The Morgan fingerprint density at radius 2 is 2.00 bits per heavy atom. The van der Waals surface area contributed by atoms with Gasteiger partial charge in [0.1, 0.15) is 4.88 Å². The predicted octanol–water partition coefficient (Wildman–Crippen LogP) is 4.02. The number of rotatable bonds is 4. The maximum absolute atomic E-state index is 10.8. The number of carbonyl (C=O) groups is 1. The van der Waals surface area contributed by atoms with Crippen LogP contribution in [0.1, 0.15) is 49.2 Å². The topological polar surface area (TPSA) is 33.2 Å². The van der Waals surface area contributed by atoms with E-state index in [0.717, 1.165) is 24.5 Å². The molecule has 1 saturated heterocycles. The first kappa shape index (κ1) is 13.8. The number of anilines is 1. The molecule has 0 aliphatic carbocycles. The molecule has 1 aromatic heterocycles. The molecule has 1 aromatic rings. The third kappa shape index (κ3) is 2.54. The van der Waals surface area contributed by atoms with Crippen LogP contribution >= 0.6 is 22.9 Å². The molecule has 0 radical (unpaired) electrons. The van der Waals surface area contributed by atoms with Crippen molar-refractivity contribution >= 4 is 34.4 Å². The van der Waals surface area contributed by atoms with Gasteiger partial charge in [-0.15, -0.1) is 0 Å². The highest BCUT2D eigenvalue weighted by atomic mass is 35.5. The number of piperidine rings is 1. The minimum absolute atomic E-state index is 0.341. The zero-order valence-electron chi connectivity index (χ0n) is 10.9. The average Bonchev–Trinajstić information content (AvgIpc) is 2.80. The maximum Gasteiger partial charge on any atom is 0.187 e. The number of aromatic nitrogens is 1. The third-order valence-electron chi connectivity index (χ3n) is 4.30. The Morgan fingerprint density at radius 1 is 1.39 bits per heavy atom. The Kier molecular flexibility index (Phi) is 4.28. The van der Waals surface area contributed by atoms with Crippen LogP contribution < -0.4 is 4.90 Å². The van der Waals surface area contributed by atoms with E-state index in [-0.39, 0.29) is 0 Å². The molecule has 100 valence electrons. The molecule has 2 heterocycles. The van der Waals surface area contributed by atoms with Crippen LogP contribution in [-0.2, 0) is 0 Å². The summed E-state index contributed by atoms with van der Waals surface area (Å²) in [6.07, 6.45) is 5.68. The number of halogens is 1. The Balaban J connectivity index is 2.07.